The maximum Gasteiger partial charge on any atom is 0.269 e. The number of non-ortho nitro benzene ring substituents is 1. The molecule has 0 bridgehead atoms. The van der Waals surface area contributed by atoms with E-state index in [2.05, 4.69) is 79.3 Å². The van der Waals surface area contributed by atoms with Crippen LogP contribution < -0.4 is 15.1 Å². The Hall–Kier alpha value is -4.21. The van der Waals surface area contributed by atoms with Crippen LogP contribution in [0.2, 0.25) is 0 Å². The molecule has 0 unspecified atom stereocenters. The summed E-state index contributed by atoms with van der Waals surface area (Å²) < 4.78 is 2.06. The van der Waals surface area contributed by atoms with Gasteiger partial charge >= 0.3 is 0 Å². The summed E-state index contributed by atoms with van der Waals surface area (Å²) in [6, 6.07) is 28.4. The van der Waals surface area contributed by atoms with Crippen LogP contribution in [0, 0.1) is 10.1 Å². The SMILES string of the molecule is O=[N+]([O-])c1ccc(N2CCN(CCNCc3cc(-c4ccc(N5CCCCC5)cc4)n(-c4ccccc4)n3)CC2)cc1. The summed E-state index contributed by atoms with van der Waals surface area (Å²) in [4.78, 5) is 17.8. The Kier molecular flexibility index (Phi) is 8.77. The van der Waals surface area contributed by atoms with Crippen LogP contribution >= 0.6 is 0 Å². The van der Waals surface area contributed by atoms with Gasteiger partial charge in [-0.05, 0) is 61.7 Å². The minimum Gasteiger partial charge on any atom is -0.372 e. The Bertz CT molecular complexity index is 1440. The van der Waals surface area contributed by atoms with Crippen molar-refractivity contribution in [3.05, 3.63) is 101 Å². The van der Waals surface area contributed by atoms with Gasteiger partial charge in [0.05, 0.1) is 22.0 Å². The maximum absolute atomic E-state index is 10.9. The normalized spacial score (nSPS) is 16.1. The van der Waals surface area contributed by atoms with Crippen LogP contribution in [0.25, 0.3) is 16.9 Å². The number of hydrogen-bond donors (Lipinski definition) is 1. The molecule has 0 radical (unpaired) electrons. The zero-order chi connectivity index (χ0) is 28.7. The Morgan fingerprint density at radius 1 is 0.738 bits per heavy atom. The smallest absolute Gasteiger partial charge is 0.269 e. The third-order valence-corrected chi connectivity index (χ3v) is 8.35. The molecule has 3 heterocycles. The van der Waals surface area contributed by atoms with Crippen molar-refractivity contribution < 1.29 is 4.92 Å². The van der Waals surface area contributed by atoms with E-state index < -0.39 is 0 Å². The molecule has 0 atom stereocenters. The summed E-state index contributed by atoms with van der Waals surface area (Å²) in [5.41, 5.74) is 6.84. The van der Waals surface area contributed by atoms with E-state index in [1.54, 1.807) is 12.1 Å². The summed E-state index contributed by atoms with van der Waals surface area (Å²) in [6.07, 6.45) is 3.89. The fourth-order valence-corrected chi connectivity index (χ4v) is 5.95. The molecule has 0 spiro atoms. The molecule has 1 N–H and O–H groups in total. The van der Waals surface area contributed by atoms with Gasteiger partial charge in [-0.25, -0.2) is 4.68 Å². The predicted molar refractivity (Wildman–Crippen MR) is 169 cm³/mol. The summed E-state index contributed by atoms with van der Waals surface area (Å²) in [6.45, 7) is 8.63. The summed E-state index contributed by atoms with van der Waals surface area (Å²) in [5.74, 6) is 0. The number of hydrogen-bond acceptors (Lipinski definition) is 7. The zero-order valence-corrected chi connectivity index (χ0v) is 24.1. The number of nitro groups is 1. The first-order valence-electron chi connectivity index (χ1n) is 15.1. The number of benzene rings is 3. The van der Waals surface area contributed by atoms with Gasteiger partial charge in [-0.2, -0.15) is 5.10 Å². The van der Waals surface area contributed by atoms with Gasteiger partial charge in [0, 0.05) is 88.0 Å². The Labute approximate surface area is 247 Å². The lowest BCUT2D eigenvalue weighted by Crippen LogP contribution is -2.48. The average Bonchev–Trinajstić information content (AvgIpc) is 3.49. The molecule has 2 fully saturated rings. The van der Waals surface area contributed by atoms with Gasteiger partial charge in [0.2, 0.25) is 0 Å². The van der Waals surface area contributed by atoms with Crippen molar-refractivity contribution >= 4 is 17.1 Å². The molecule has 2 saturated heterocycles. The largest absolute Gasteiger partial charge is 0.372 e. The van der Waals surface area contributed by atoms with Gasteiger partial charge in [0.15, 0.2) is 0 Å². The van der Waals surface area contributed by atoms with E-state index in [0.717, 1.165) is 75.1 Å². The second-order valence-corrected chi connectivity index (χ2v) is 11.1. The fourth-order valence-electron chi connectivity index (χ4n) is 5.95. The Morgan fingerprint density at radius 2 is 1.38 bits per heavy atom. The highest BCUT2D eigenvalue weighted by molar-refractivity contribution is 5.66. The second-order valence-electron chi connectivity index (χ2n) is 11.1. The first-order valence-corrected chi connectivity index (χ1v) is 15.1. The highest BCUT2D eigenvalue weighted by Crippen LogP contribution is 2.28. The van der Waals surface area contributed by atoms with E-state index in [9.17, 15) is 10.1 Å². The highest BCUT2D eigenvalue weighted by atomic mass is 16.6. The van der Waals surface area contributed by atoms with Gasteiger partial charge in [-0.3, -0.25) is 15.0 Å². The first-order chi connectivity index (χ1) is 20.6. The third kappa shape index (κ3) is 6.64. The molecule has 4 aromatic rings. The molecule has 6 rings (SSSR count). The molecule has 2 aliphatic heterocycles. The van der Waals surface area contributed by atoms with Crippen LogP contribution in [0.5, 0.6) is 0 Å². The van der Waals surface area contributed by atoms with Gasteiger partial charge in [-0.15, -0.1) is 0 Å². The van der Waals surface area contributed by atoms with Crippen LogP contribution in [0.15, 0.2) is 84.9 Å². The lowest BCUT2D eigenvalue weighted by atomic mass is 10.1. The molecule has 42 heavy (non-hydrogen) atoms. The lowest BCUT2D eigenvalue weighted by Gasteiger charge is -2.36. The summed E-state index contributed by atoms with van der Waals surface area (Å²) >= 11 is 0. The van der Waals surface area contributed by atoms with Crippen molar-refractivity contribution in [1.29, 1.82) is 0 Å². The monoisotopic (exact) mass is 565 g/mol. The van der Waals surface area contributed by atoms with Gasteiger partial charge in [0.25, 0.3) is 5.69 Å². The molecular formula is C33H39N7O2. The molecule has 9 heteroatoms. The molecule has 1 aromatic heterocycles. The topological polar surface area (TPSA) is 82.7 Å². The molecule has 2 aliphatic rings. The molecule has 218 valence electrons. The standard InChI is InChI=1S/C33H39N7O2/c41-40(42)32-15-13-30(14-16-32)38-23-21-36(22-24-38)20-17-34-26-28-25-33(39(35-28)31-7-3-1-4-8-31)27-9-11-29(12-10-27)37-18-5-2-6-19-37/h1,3-4,7-16,25,34H,2,5-6,17-24,26H2. The molecule has 0 amide bonds. The van der Waals surface area contributed by atoms with Crippen molar-refractivity contribution in [3.63, 3.8) is 0 Å². The Morgan fingerprint density at radius 3 is 2.05 bits per heavy atom. The molecule has 9 nitrogen and oxygen atoms in total. The molecular weight excluding hydrogens is 526 g/mol. The predicted octanol–water partition coefficient (Wildman–Crippen LogP) is 5.35. The zero-order valence-electron chi connectivity index (χ0n) is 24.1. The quantitative estimate of drug-likeness (QED) is 0.158. The molecule has 0 saturated carbocycles. The van der Waals surface area contributed by atoms with Crippen LogP contribution in [0.1, 0.15) is 25.0 Å². The number of rotatable bonds is 10. The third-order valence-electron chi connectivity index (χ3n) is 8.35. The summed E-state index contributed by atoms with van der Waals surface area (Å²) in [5, 5.41) is 19.5. The van der Waals surface area contributed by atoms with Crippen LogP contribution in [0.4, 0.5) is 17.1 Å². The fraction of sp³-hybridized carbons (Fsp3) is 0.364. The number of anilines is 2. The lowest BCUT2D eigenvalue weighted by molar-refractivity contribution is -0.384. The van der Waals surface area contributed by atoms with Crippen molar-refractivity contribution in [1.82, 2.24) is 20.0 Å². The van der Waals surface area contributed by atoms with Gasteiger partial charge < -0.3 is 15.1 Å². The van der Waals surface area contributed by atoms with E-state index in [4.69, 9.17) is 5.10 Å². The second kappa shape index (κ2) is 13.2. The molecule has 3 aromatic carbocycles. The van der Waals surface area contributed by atoms with Crippen molar-refractivity contribution in [2.45, 2.75) is 25.8 Å². The van der Waals surface area contributed by atoms with E-state index in [1.165, 1.54) is 30.5 Å². The Balaban J connectivity index is 1.04. The first kappa shape index (κ1) is 27.9. The van der Waals surface area contributed by atoms with Gasteiger partial charge in [0.1, 0.15) is 0 Å². The van der Waals surface area contributed by atoms with Crippen molar-refractivity contribution in [3.8, 4) is 16.9 Å². The van der Waals surface area contributed by atoms with E-state index >= 15 is 0 Å². The number of nitrogens with one attached hydrogen (secondary N) is 1. The highest BCUT2D eigenvalue weighted by Gasteiger charge is 2.18. The average molecular weight is 566 g/mol. The molecule has 0 aliphatic carbocycles. The van der Waals surface area contributed by atoms with Gasteiger partial charge in [-0.1, -0.05) is 30.3 Å². The van der Waals surface area contributed by atoms with E-state index in [0.29, 0.717) is 6.54 Å². The van der Waals surface area contributed by atoms with Crippen LogP contribution in [-0.2, 0) is 6.54 Å². The summed E-state index contributed by atoms with van der Waals surface area (Å²) in [7, 11) is 0. The minimum absolute atomic E-state index is 0.134. The number of piperazine rings is 1. The van der Waals surface area contributed by atoms with E-state index in [1.807, 2.05) is 18.2 Å². The van der Waals surface area contributed by atoms with Crippen LogP contribution in [-0.4, -0.2) is 72.0 Å². The number of para-hydroxylation sites is 1. The van der Waals surface area contributed by atoms with E-state index in [-0.39, 0.29) is 10.6 Å². The van der Waals surface area contributed by atoms with Crippen LogP contribution in [0.3, 0.4) is 0 Å². The minimum atomic E-state index is -0.352. The number of nitro benzene ring substituents is 1. The van der Waals surface area contributed by atoms with Crippen molar-refractivity contribution in [2.24, 2.45) is 0 Å². The number of nitrogens with zero attached hydrogens (tertiary/aromatic N) is 6. The maximum atomic E-state index is 10.9. The number of piperidine rings is 1. The van der Waals surface area contributed by atoms with Crippen molar-refractivity contribution in [2.75, 3.05) is 62.2 Å². The number of aromatic nitrogens is 2.